The predicted octanol–water partition coefficient (Wildman–Crippen LogP) is 0.948. The number of anilines is 1. The molecular weight excluding hydrogens is 228 g/mol. The number of aliphatic hydroxyl groups is 1. The van der Waals surface area contributed by atoms with Crippen molar-refractivity contribution in [2.45, 2.75) is 38.8 Å². The van der Waals surface area contributed by atoms with Crippen LogP contribution in [-0.4, -0.2) is 45.5 Å². The van der Waals surface area contributed by atoms with Gasteiger partial charge >= 0.3 is 0 Å². The molecule has 0 aliphatic carbocycles. The van der Waals surface area contributed by atoms with E-state index in [-0.39, 0.29) is 6.10 Å². The predicted molar refractivity (Wildman–Crippen MR) is 72.1 cm³/mol. The first-order valence-electron chi connectivity index (χ1n) is 6.85. The van der Waals surface area contributed by atoms with E-state index in [1.807, 2.05) is 0 Å². The summed E-state index contributed by atoms with van der Waals surface area (Å²) in [5.41, 5.74) is 6.24. The van der Waals surface area contributed by atoms with E-state index < -0.39 is 0 Å². The van der Waals surface area contributed by atoms with Gasteiger partial charge in [0.1, 0.15) is 0 Å². The van der Waals surface area contributed by atoms with Crippen molar-refractivity contribution in [3.8, 4) is 0 Å². The van der Waals surface area contributed by atoms with Crippen LogP contribution in [0.2, 0.25) is 0 Å². The van der Waals surface area contributed by atoms with E-state index >= 15 is 0 Å². The molecule has 18 heavy (non-hydrogen) atoms. The molecule has 1 aromatic heterocycles. The molecule has 0 radical (unpaired) electrons. The minimum Gasteiger partial charge on any atom is -0.396 e. The van der Waals surface area contributed by atoms with Crippen LogP contribution >= 0.6 is 0 Å². The van der Waals surface area contributed by atoms with Gasteiger partial charge in [0, 0.05) is 19.3 Å². The standard InChI is InChI=1S/C13H24N4O/c1-2-3-11-4-5-16(7-11)9-13(18)10-17-8-12(14)6-15-17/h6,8,11,13,18H,2-5,7,9-10,14H2,1H3. The third kappa shape index (κ3) is 3.71. The molecule has 0 bridgehead atoms. The first-order valence-corrected chi connectivity index (χ1v) is 6.85. The zero-order valence-corrected chi connectivity index (χ0v) is 11.1. The zero-order chi connectivity index (χ0) is 13.0. The Morgan fingerprint density at radius 2 is 2.39 bits per heavy atom. The highest BCUT2D eigenvalue weighted by atomic mass is 16.3. The van der Waals surface area contributed by atoms with E-state index in [0.29, 0.717) is 12.2 Å². The van der Waals surface area contributed by atoms with Gasteiger partial charge in [0.2, 0.25) is 0 Å². The number of hydrogen-bond donors (Lipinski definition) is 2. The summed E-state index contributed by atoms with van der Waals surface area (Å²) < 4.78 is 1.71. The molecule has 1 aliphatic heterocycles. The van der Waals surface area contributed by atoms with Crippen molar-refractivity contribution >= 4 is 5.69 Å². The highest BCUT2D eigenvalue weighted by Gasteiger charge is 2.23. The molecule has 0 spiro atoms. The number of rotatable bonds is 6. The molecule has 1 saturated heterocycles. The largest absolute Gasteiger partial charge is 0.396 e. The Balaban J connectivity index is 1.73. The summed E-state index contributed by atoms with van der Waals surface area (Å²) >= 11 is 0. The van der Waals surface area contributed by atoms with E-state index in [1.54, 1.807) is 17.1 Å². The van der Waals surface area contributed by atoms with Gasteiger partial charge in [0.05, 0.1) is 24.5 Å². The maximum absolute atomic E-state index is 10.0. The van der Waals surface area contributed by atoms with Gasteiger partial charge < -0.3 is 15.7 Å². The molecule has 2 atom stereocenters. The number of nitrogens with two attached hydrogens (primary N) is 1. The Labute approximate surface area is 109 Å². The number of nitrogen functional groups attached to an aromatic ring is 1. The third-order valence-electron chi connectivity index (χ3n) is 3.59. The average molecular weight is 252 g/mol. The summed E-state index contributed by atoms with van der Waals surface area (Å²) in [6.07, 6.45) is 6.84. The minimum absolute atomic E-state index is 0.371. The SMILES string of the molecule is CCCC1CCN(CC(O)Cn2cc(N)cn2)C1. The Bertz CT molecular complexity index is 366. The molecule has 1 aliphatic rings. The second-order valence-electron chi connectivity index (χ2n) is 5.35. The van der Waals surface area contributed by atoms with Crippen LogP contribution in [0, 0.1) is 5.92 Å². The molecule has 0 amide bonds. The van der Waals surface area contributed by atoms with Gasteiger partial charge in [-0.25, -0.2) is 0 Å². The number of aromatic nitrogens is 2. The van der Waals surface area contributed by atoms with Crippen LogP contribution in [0.25, 0.3) is 0 Å². The average Bonchev–Trinajstić information content (AvgIpc) is 2.89. The fourth-order valence-corrected chi connectivity index (χ4v) is 2.77. The van der Waals surface area contributed by atoms with Crippen LogP contribution in [-0.2, 0) is 6.54 Å². The molecule has 0 saturated carbocycles. The Morgan fingerprint density at radius 1 is 1.56 bits per heavy atom. The van der Waals surface area contributed by atoms with Gasteiger partial charge in [-0.05, 0) is 25.3 Å². The molecule has 1 fully saturated rings. The Morgan fingerprint density at radius 3 is 3.06 bits per heavy atom. The van der Waals surface area contributed by atoms with Gasteiger partial charge in [-0.1, -0.05) is 13.3 Å². The van der Waals surface area contributed by atoms with Gasteiger partial charge in [-0.15, -0.1) is 0 Å². The normalized spacial score (nSPS) is 22.4. The van der Waals surface area contributed by atoms with Crippen molar-refractivity contribution in [1.82, 2.24) is 14.7 Å². The summed E-state index contributed by atoms with van der Waals surface area (Å²) in [6, 6.07) is 0. The summed E-state index contributed by atoms with van der Waals surface area (Å²) in [5, 5.41) is 14.1. The second kappa shape index (κ2) is 6.20. The van der Waals surface area contributed by atoms with Crippen molar-refractivity contribution in [2.75, 3.05) is 25.4 Å². The van der Waals surface area contributed by atoms with Crippen molar-refractivity contribution in [2.24, 2.45) is 5.92 Å². The third-order valence-corrected chi connectivity index (χ3v) is 3.59. The molecule has 5 heteroatoms. The van der Waals surface area contributed by atoms with Crippen LogP contribution in [0.1, 0.15) is 26.2 Å². The fourth-order valence-electron chi connectivity index (χ4n) is 2.77. The lowest BCUT2D eigenvalue weighted by Crippen LogP contribution is -2.33. The first kappa shape index (κ1) is 13.4. The van der Waals surface area contributed by atoms with Crippen LogP contribution in [0.15, 0.2) is 12.4 Å². The van der Waals surface area contributed by atoms with Gasteiger partial charge in [0.15, 0.2) is 0 Å². The molecule has 2 rings (SSSR count). The fraction of sp³-hybridized carbons (Fsp3) is 0.769. The molecule has 0 aromatic carbocycles. The number of β-amino-alcohol motifs (C(OH)–C–C–N with tert-alkyl or cyclic N) is 1. The number of hydrogen-bond acceptors (Lipinski definition) is 4. The van der Waals surface area contributed by atoms with E-state index in [0.717, 1.165) is 25.6 Å². The van der Waals surface area contributed by atoms with E-state index in [9.17, 15) is 5.11 Å². The molecule has 5 nitrogen and oxygen atoms in total. The Hall–Kier alpha value is -1.07. The van der Waals surface area contributed by atoms with Gasteiger partial charge in [-0.3, -0.25) is 4.68 Å². The lowest BCUT2D eigenvalue weighted by molar-refractivity contribution is 0.104. The number of likely N-dealkylation sites (tertiary alicyclic amines) is 1. The van der Waals surface area contributed by atoms with Crippen molar-refractivity contribution < 1.29 is 5.11 Å². The van der Waals surface area contributed by atoms with Crippen molar-refractivity contribution in [3.63, 3.8) is 0 Å². The summed E-state index contributed by atoms with van der Waals surface area (Å²) in [6.45, 7) is 5.74. The Kier molecular flexibility index (Phi) is 4.60. The highest BCUT2D eigenvalue weighted by molar-refractivity contribution is 5.30. The quantitative estimate of drug-likeness (QED) is 0.791. The monoisotopic (exact) mass is 252 g/mol. The molecule has 1 aromatic rings. The maximum atomic E-state index is 10.0. The molecule has 2 heterocycles. The lowest BCUT2D eigenvalue weighted by atomic mass is 10.0. The van der Waals surface area contributed by atoms with Crippen LogP contribution < -0.4 is 5.73 Å². The first-order chi connectivity index (χ1) is 8.67. The van der Waals surface area contributed by atoms with Crippen LogP contribution in [0.3, 0.4) is 0 Å². The van der Waals surface area contributed by atoms with Crippen molar-refractivity contribution in [1.29, 1.82) is 0 Å². The molecule has 102 valence electrons. The van der Waals surface area contributed by atoms with Gasteiger partial charge in [0.25, 0.3) is 0 Å². The topological polar surface area (TPSA) is 67.3 Å². The van der Waals surface area contributed by atoms with E-state index in [2.05, 4.69) is 16.9 Å². The molecule has 2 unspecified atom stereocenters. The smallest absolute Gasteiger partial charge is 0.0862 e. The number of nitrogens with zero attached hydrogens (tertiary/aromatic N) is 3. The number of aliphatic hydroxyl groups excluding tert-OH is 1. The van der Waals surface area contributed by atoms with Crippen LogP contribution in [0.5, 0.6) is 0 Å². The highest BCUT2D eigenvalue weighted by Crippen LogP contribution is 2.20. The molecule has 3 N–H and O–H groups in total. The summed E-state index contributed by atoms with van der Waals surface area (Å²) in [5.74, 6) is 0.822. The van der Waals surface area contributed by atoms with Crippen LogP contribution in [0.4, 0.5) is 5.69 Å². The maximum Gasteiger partial charge on any atom is 0.0862 e. The summed E-state index contributed by atoms with van der Waals surface area (Å²) in [7, 11) is 0. The van der Waals surface area contributed by atoms with E-state index in [1.165, 1.54) is 19.3 Å². The zero-order valence-electron chi connectivity index (χ0n) is 11.1. The van der Waals surface area contributed by atoms with Crippen molar-refractivity contribution in [3.05, 3.63) is 12.4 Å². The van der Waals surface area contributed by atoms with E-state index in [4.69, 9.17) is 5.73 Å². The lowest BCUT2D eigenvalue weighted by Gasteiger charge is -2.20. The molecular formula is C13H24N4O. The minimum atomic E-state index is -0.371. The summed E-state index contributed by atoms with van der Waals surface area (Å²) in [4.78, 5) is 2.36. The second-order valence-corrected chi connectivity index (χ2v) is 5.35. The van der Waals surface area contributed by atoms with Gasteiger partial charge in [-0.2, -0.15) is 5.10 Å².